The molecule has 0 radical (unpaired) electrons. The highest BCUT2D eigenvalue weighted by molar-refractivity contribution is 5.94. The minimum absolute atomic E-state index is 0.0762. The van der Waals surface area contributed by atoms with E-state index in [2.05, 4.69) is 30.1 Å². The fraction of sp³-hybridized carbons (Fsp3) is 0.250. The molecule has 2 aromatic carbocycles. The maximum absolute atomic E-state index is 13.9. The summed E-state index contributed by atoms with van der Waals surface area (Å²) in [6, 6.07) is 9.40. The number of carbonyl (C=O) groups is 1. The van der Waals surface area contributed by atoms with Gasteiger partial charge < -0.3 is 9.88 Å². The molecule has 0 atom stereocenters. The van der Waals surface area contributed by atoms with E-state index in [0.717, 1.165) is 23.3 Å². The van der Waals surface area contributed by atoms with Crippen molar-refractivity contribution in [2.24, 2.45) is 0 Å². The van der Waals surface area contributed by atoms with Gasteiger partial charge in [-0.05, 0) is 43.2 Å². The minimum Gasteiger partial charge on any atom is -0.358 e. The Kier molecular flexibility index (Phi) is 3.79. The molecular weight excluding hydrogens is 322 g/mol. The number of rotatable bonds is 1. The molecule has 0 fully saturated rings. The monoisotopic (exact) mass is 340 g/mol. The van der Waals surface area contributed by atoms with E-state index in [0.29, 0.717) is 25.9 Å². The summed E-state index contributed by atoms with van der Waals surface area (Å²) in [5, 5.41) is 1.19. The van der Waals surface area contributed by atoms with Gasteiger partial charge in [-0.3, -0.25) is 4.79 Å². The lowest BCUT2D eigenvalue weighted by Gasteiger charge is -2.20. The van der Waals surface area contributed by atoms with E-state index in [1.54, 1.807) is 4.90 Å². The maximum Gasteiger partial charge on any atom is 0.256 e. The van der Waals surface area contributed by atoms with Gasteiger partial charge in [0.05, 0.1) is 5.56 Å². The zero-order valence-corrected chi connectivity index (χ0v) is 13.9. The molecule has 0 saturated carbocycles. The molecule has 5 heteroatoms. The van der Waals surface area contributed by atoms with E-state index < -0.39 is 11.6 Å². The summed E-state index contributed by atoms with van der Waals surface area (Å²) < 4.78 is 27.0. The molecule has 25 heavy (non-hydrogen) atoms. The lowest BCUT2D eigenvalue weighted by Crippen LogP contribution is -2.34. The molecule has 128 valence electrons. The minimum atomic E-state index is -0.811. The van der Waals surface area contributed by atoms with Gasteiger partial charge in [-0.25, -0.2) is 8.78 Å². The van der Waals surface area contributed by atoms with Crippen LogP contribution < -0.4 is 0 Å². The van der Waals surface area contributed by atoms with E-state index in [1.165, 1.54) is 22.6 Å². The molecule has 1 N–H and O–H groups in total. The Morgan fingerprint density at radius 3 is 2.68 bits per heavy atom. The number of aryl methyl sites for hydroxylation is 1. The van der Waals surface area contributed by atoms with Gasteiger partial charge in [-0.2, -0.15) is 0 Å². The van der Waals surface area contributed by atoms with Crippen LogP contribution in [0.5, 0.6) is 0 Å². The molecule has 1 aromatic heterocycles. The zero-order valence-electron chi connectivity index (χ0n) is 13.9. The molecular formula is C20H18F2N2O. The summed E-state index contributed by atoms with van der Waals surface area (Å²) in [5.74, 6) is -1.88. The third-order valence-electron chi connectivity index (χ3n) is 4.86. The van der Waals surface area contributed by atoms with Crippen LogP contribution in [0.25, 0.3) is 10.9 Å². The number of halogens is 2. The summed E-state index contributed by atoms with van der Waals surface area (Å²) in [6.07, 6.45) is 1.41. The van der Waals surface area contributed by atoms with Crippen molar-refractivity contribution < 1.29 is 13.6 Å². The van der Waals surface area contributed by atoms with E-state index in [9.17, 15) is 13.6 Å². The van der Waals surface area contributed by atoms with Gasteiger partial charge >= 0.3 is 0 Å². The smallest absolute Gasteiger partial charge is 0.256 e. The average Bonchev–Trinajstić information content (AvgIpc) is 2.78. The molecule has 0 unspecified atom stereocenters. The predicted octanol–water partition coefficient (Wildman–Crippen LogP) is 4.00. The number of amides is 1. The molecule has 1 amide bonds. The highest BCUT2D eigenvalue weighted by Gasteiger charge is 2.24. The summed E-state index contributed by atoms with van der Waals surface area (Å²) in [4.78, 5) is 17.7. The first kappa shape index (κ1) is 15.8. The van der Waals surface area contributed by atoms with Crippen LogP contribution in [0.2, 0.25) is 0 Å². The fourth-order valence-corrected chi connectivity index (χ4v) is 3.56. The topological polar surface area (TPSA) is 36.1 Å². The summed E-state index contributed by atoms with van der Waals surface area (Å²) in [5.41, 5.74) is 4.59. The highest BCUT2D eigenvalue weighted by atomic mass is 19.1. The fourth-order valence-electron chi connectivity index (χ4n) is 3.56. The van der Waals surface area contributed by atoms with Gasteiger partial charge in [0, 0.05) is 42.2 Å². The molecule has 3 aromatic rings. The van der Waals surface area contributed by atoms with Crippen LogP contribution >= 0.6 is 0 Å². The standard InChI is InChI=1S/C20H18F2N2O/c1-12-2-5-18-16(10-12)14-6-8-24(9-7-19(14)23-18)20(25)15-4-3-13(21)11-17(15)22/h2-5,10-11,23H,6-9H2,1H3. The SMILES string of the molecule is Cc1ccc2[nH]c3c(c2c1)CCN(C(=O)c1ccc(F)cc1F)CC3. The number of nitrogens with one attached hydrogen (secondary N) is 1. The lowest BCUT2D eigenvalue weighted by molar-refractivity contribution is 0.0758. The van der Waals surface area contributed by atoms with Gasteiger partial charge in [0.2, 0.25) is 0 Å². The second kappa shape index (κ2) is 5.99. The first-order chi connectivity index (χ1) is 12.0. The number of aromatic nitrogens is 1. The van der Waals surface area contributed by atoms with Crippen LogP contribution in [0.15, 0.2) is 36.4 Å². The molecule has 0 aliphatic carbocycles. The number of benzene rings is 2. The van der Waals surface area contributed by atoms with Crippen molar-refractivity contribution in [2.75, 3.05) is 13.1 Å². The lowest BCUT2D eigenvalue weighted by atomic mass is 10.1. The van der Waals surface area contributed by atoms with Crippen molar-refractivity contribution in [1.82, 2.24) is 9.88 Å². The Hall–Kier alpha value is -2.69. The second-order valence-corrected chi connectivity index (χ2v) is 6.55. The number of hydrogen-bond acceptors (Lipinski definition) is 1. The molecule has 4 rings (SSSR count). The third-order valence-corrected chi connectivity index (χ3v) is 4.86. The summed E-state index contributed by atoms with van der Waals surface area (Å²) in [6.45, 7) is 3.08. The first-order valence-electron chi connectivity index (χ1n) is 8.37. The van der Waals surface area contributed by atoms with Gasteiger partial charge in [-0.15, -0.1) is 0 Å². The number of aromatic amines is 1. The van der Waals surface area contributed by atoms with Crippen molar-refractivity contribution in [2.45, 2.75) is 19.8 Å². The summed E-state index contributed by atoms with van der Waals surface area (Å²) >= 11 is 0. The maximum atomic E-state index is 13.9. The van der Waals surface area contributed by atoms with Crippen LogP contribution in [0.4, 0.5) is 8.78 Å². The molecule has 3 nitrogen and oxygen atoms in total. The molecule has 0 spiro atoms. The van der Waals surface area contributed by atoms with E-state index in [1.807, 2.05) is 0 Å². The third kappa shape index (κ3) is 2.80. The van der Waals surface area contributed by atoms with Crippen LogP contribution in [0, 0.1) is 18.6 Å². The average molecular weight is 340 g/mol. The Labute approximate surface area is 144 Å². The molecule has 1 aliphatic rings. The van der Waals surface area contributed by atoms with Crippen molar-refractivity contribution >= 4 is 16.8 Å². The number of nitrogens with zero attached hydrogens (tertiary/aromatic N) is 1. The number of carbonyl (C=O) groups excluding carboxylic acids is 1. The van der Waals surface area contributed by atoms with Gasteiger partial charge in [-0.1, -0.05) is 11.6 Å². The van der Waals surface area contributed by atoms with Crippen molar-refractivity contribution in [3.05, 3.63) is 70.4 Å². The van der Waals surface area contributed by atoms with Crippen molar-refractivity contribution in [3.8, 4) is 0 Å². The molecule has 0 saturated heterocycles. The molecule has 1 aliphatic heterocycles. The number of hydrogen-bond donors (Lipinski definition) is 1. The number of H-pyrrole nitrogens is 1. The Bertz CT molecular complexity index is 977. The quantitative estimate of drug-likeness (QED) is 0.714. The van der Waals surface area contributed by atoms with Gasteiger partial charge in [0.15, 0.2) is 0 Å². The Morgan fingerprint density at radius 2 is 1.88 bits per heavy atom. The zero-order chi connectivity index (χ0) is 17.6. The van der Waals surface area contributed by atoms with Gasteiger partial charge in [0.1, 0.15) is 11.6 Å². The van der Waals surface area contributed by atoms with Crippen LogP contribution in [-0.2, 0) is 12.8 Å². The Morgan fingerprint density at radius 1 is 1.08 bits per heavy atom. The van der Waals surface area contributed by atoms with Gasteiger partial charge in [0.25, 0.3) is 5.91 Å². The van der Waals surface area contributed by atoms with E-state index in [4.69, 9.17) is 0 Å². The van der Waals surface area contributed by atoms with Crippen LogP contribution in [0.1, 0.15) is 27.2 Å². The van der Waals surface area contributed by atoms with E-state index >= 15 is 0 Å². The largest absolute Gasteiger partial charge is 0.358 e. The van der Waals surface area contributed by atoms with Crippen LogP contribution in [-0.4, -0.2) is 28.9 Å². The Balaban J connectivity index is 1.61. The second-order valence-electron chi connectivity index (χ2n) is 6.55. The summed E-state index contributed by atoms with van der Waals surface area (Å²) in [7, 11) is 0. The molecule has 0 bridgehead atoms. The number of fused-ring (bicyclic) bond motifs is 3. The first-order valence-corrected chi connectivity index (χ1v) is 8.37. The van der Waals surface area contributed by atoms with Crippen molar-refractivity contribution in [1.29, 1.82) is 0 Å². The van der Waals surface area contributed by atoms with E-state index in [-0.39, 0.29) is 11.5 Å². The van der Waals surface area contributed by atoms with Crippen LogP contribution in [0.3, 0.4) is 0 Å². The van der Waals surface area contributed by atoms with Crippen molar-refractivity contribution in [3.63, 3.8) is 0 Å². The molecule has 2 heterocycles. The predicted molar refractivity (Wildman–Crippen MR) is 92.7 cm³/mol. The highest BCUT2D eigenvalue weighted by Crippen LogP contribution is 2.27. The normalized spacial score (nSPS) is 14.4.